The number of benzene rings is 2. The molecular weight excluding hydrogens is 535 g/mol. The SMILES string of the molecule is COc1ncc(-c2cc(F)cc(-c3ccc(-n4ccn(C)c4=O)c(Cl)c3)c2O)cc1N1CC[C@](C)(O)C(C)(C)C1. The minimum absolute atomic E-state index is 0.137. The normalized spacial score (nSPS) is 18.6. The zero-order valence-electron chi connectivity index (χ0n) is 23.1. The van der Waals surface area contributed by atoms with E-state index in [1.165, 1.54) is 34.6 Å². The van der Waals surface area contributed by atoms with Crippen LogP contribution in [0, 0.1) is 11.2 Å². The van der Waals surface area contributed by atoms with Crippen molar-refractivity contribution in [1.82, 2.24) is 14.1 Å². The first-order valence-corrected chi connectivity index (χ1v) is 13.3. The second-order valence-corrected chi connectivity index (χ2v) is 11.6. The lowest BCUT2D eigenvalue weighted by molar-refractivity contribution is -0.0649. The van der Waals surface area contributed by atoms with Crippen molar-refractivity contribution in [2.45, 2.75) is 32.8 Å². The number of nitrogens with zero attached hydrogens (tertiary/aromatic N) is 4. The van der Waals surface area contributed by atoms with Gasteiger partial charge in [0.15, 0.2) is 0 Å². The molecular formula is C30H32ClFN4O4. The fourth-order valence-corrected chi connectivity index (χ4v) is 5.42. The number of ether oxygens (including phenoxy) is 1. The number of hydrogen-bond acceptors (Lipinski definition) is 6. The third kappa shape index (κ3) is 4.73. The fourth-order valence-electron chi connectivity index (χ4n) is 5.15. The number of rotatable bonds is 5. The Balaban J connectivity index is 1.56. The second kappa shape index (κ2) is 9.98. The number of aromatic nitrogens is 3. The Labute approximate surface area is 236 Å². The molecule has 0 bridgehead atoms. The van der Waals surface area contributed by atoms with Crippen molar-refractivity contribution in [3.8, 4) is 39.6 Å². The maximum Gasteiger partial charge on any atom is 0.332 e. The van der Waals surface area contributed by atoms with Crippen molar-refractivity contribution in [2.24, 2.45) is 12.5 Å². The molecule has 10 heteroatoms. The average molecular weight is 567 g/mol. The molecule has 40 heavy (non-hydrogen) atoms. The minimum atomic E-state index is -0.831. The van der Waals surface area contributed by atoms with Crippen LogP contribution in [0.3, 0.4) is 0 Å². The first kappa shape index (κ1) is 27.7. The molecule has 0 radical (unpaired) electrons. The van der Waals surface area contributed by atoms with Gasteiger partial charge >= 0.3 is 5.69 Å². The molecule has 210 valence electrons. The summed E-state index contributed by atoms with van der Waals surface area (Å²) in [6, 6.07) is 9.25. The molecule has 1 aliphatic rings. The van der Waals surface area contributed by atoms with Crippen LogP contribution in [0.15, 0.2) is 59.8 Å². The molecule has 8 nitrogen and oxygen atoms in total. The Bertz CT molecular complexity index is 1660. The molecule has 2 aromatic carbocycles. The predicted molar refractivity (Wildman–Crippen MR) is 154 cm³/mol. The number of piperidine rings is 1. The van der Waals surface area contributed by atoms with E-state index in [4.69, 9.17) is 16.3 Å². The van der Waals surface area contributed by atoms with Gasteiger partial charge in [-0.2, -0.15) is 0 Å². The van der Waals surface area contributed by atoms with E-state index in [0.29, 0.717) is 47.9 Å². The van der Waals surface area contributed by atoms with E-state index in [9.17, 15) is 19.4 Å². The largest absolute Gasteiger partial charge is 0.507 e. The summed E-state index contributed by atoms with van der Waals surface area (Å²) in [5.41, 5.74) is 1.16. The molecule has 0 unspecified atom stereocenters. The Morgan fingerprint density at radius 1 is 1.05 bits per heavy atom. The van der Waals surface area contributed by atoms with Crippen molar-refractivity contribution in [2.75, 3.05) is 25.1 Å². The molecule has 2 aromatic heterocycles. The number of halogens is 2. The molecule has 4 aromatic rings. The van der Waals surface area contributed by atoms with Crippen LogP contribution in [0.4, 0.5) is 10.1 Å². The number of pyridine rings is 1. The highest BCUT2D eigenvalue weighted by molar-refractivity contribution is 6.32. The molecule has 3 heterocycles. The first-order chi connectivity index (χ1) is 18.8. The van der Waals surface area contributed by atoms with Gasteiger partial charge in [0.05, 0.1) is 23.4 Å². The Morgan fingerprint density at radius 3 is 2.35 bits per heavy atom. The summed E-state index contributed by atoms with van der Waals surface area (Å²) >= 11 is 6.54. The molecule has 2 N–H and O–H groups in total. The molecule has 1 aliphatic heterocycles. The van der Waals surface area contributed by atoms with E-state index in [1.54, 1.807) is 37.6 Å². The maximum absolute atomic E-state index is 15.0. The molecule has 0 saturated carbocycles. The van der Waals surface area contributed by atoms with E-state index in [0.717, 1.165) is 0 Å². The lowest BCUT2D eigenvalue weighted by atomic mass is 9.71. The minimum Gasteiger partial charge on any atom is -0.507 e. The summed E-state index contributed by atoms with van der Waals surface area (Å²) < 4.78 is 23.4. The highest BCUT2D eigenvalue weighted by Crippen LogP contribution is 2.44. The lowest BCUT2D eigenvalue weighted by Crippen LogP contribution is -2.55. The van der Waals surface area contributed by atoms with Crippen LogP contribution in [0.25, 0.3) is 27.9 Å². The number of hydrogen-bond donors (Lipinski definition) is 2. The number of phenols is 1. The van der Waals surface area contributed by atoms with Crippen LogP contribution in [-0.4, -0.2) is 50.1 Å². The summed E-state index contributed by atoms with van der Waals surface area (Å²) in [6.45, 7) is 7.00. The Kier molecular flexibility index (Phi) is 6.92. The van der Waals surface area contributed by atoms with Crippen molar-refractivity contribution in [3.63, 3.8) is 0 Å². The highest BCUT2D eigenvalue weighted by Gasteiger charge is 2.44. The van der Waals surface area contributed by atoms with Gasteiger partial charge in [0.25, 0.3) is 0 Å². The molecule has 5 rings (SSSR count). The van der Waals surface area contributed by atoms with Gasteiger partial charge in [0, 0.05) is 60.8 Å². The molecule has 0 aliphatic carbocycles. The van der Waals surface area contributed by atoms with Crippen molar-refractivity contribution < 1.29 is 19.3 Å². The second-order valence-electron chi connectivity index (χ2n) is 11.2. The molecule has 1 fully saturated rings. The van der Waals surface area contributed by atoms with E-state index in [1.807, 2.05) is 26.8 Å². The van der Waals surface area contributed by atoms with E-state index in [2.05, 4.69) is 9.88 Å². The number of anilines is 1. The van der Waals surface area contributed by atoms with Crippen LogP contribution >= 0.6 is 11.6 Å². The predicted octanol–water partition coefficient (Wildman–Crippen LogP) is 5.40. The summed E-state index contributed by atoms with van der Waals surface area (Å²) in [5.74, 6) is -0.285. The van der Waals surface area contributed by atoms with Gasteiger partial charge in [-0.3, -0.25) is 4.57 Å². The van der Waals surface area contributed by atoms with Gasteiger partial charge in [-0.25, -0.2) is 14.2 Å². The Hall–Kier alpha value is -3.82. The zero-order chi connectivity index (χ0) is 29.0. The molecule has 0 spiro atoms. The van der Waals surface area contributed by atoms with Gasteiger partial charge in [-0.15, -0.1) is 0 Å². The first-order valence-electron chi connectivity index (χ1n) is 12.9. The van der Waals surface area contributed by atoms with Gasteiger partial charge in [0.1, 0.15) is 17.3 Å². The number of phenolic OH excluding ortho intramolecular Hbond substituents is 1. The van der Waals surface area contributed by atoms with Crippen molar-refractivity contribution in [1.29, 1.82) is 0 Å². The van der Waals surface area contributed by atoms with E-state index >= 15 is 0 Å². The fraction of sp³-hybridized carbons (Fsp3) is 0.333. The third-order valence-corrected chi connectivity index (χ3v) is 8.43. The van der Waals surface area contributed by atoms with Crippen molar-refractivity contribution in [3.05, 3.63) is 76.3 Å². The quantitative estimate of drug-likeness (QED) is 0.336. The van der Waals surface area contributed by atoms with E-state index < -0.39 is 16.8 Å². The monoisotopic (exact) mass is 566 g/mol. The maximum atomic E-state index is 15.0. The van der Waals surface area contributed by atoms with Crippen LogP contribution in [-0.2, 0) is 7.05 Å². The number of methoxy groups -OCH3 is 1. The average Bonchev–Trinajstić information content (AvgIpc) is 3.24. The number of imidazole rings is 1. The van der Waals surface area contributed by atoms with Crippen LogP contribution in [0.2, 0.25) is 5.02 Å². The summed E-state index contributed by atoms with van der Waals surface area (Å²) in [5, 5.41) is 22.5. The van der Waals surface area contributed by atoms with Gasteiger partial charge in [-0.1, -0.05) is 31.5 Å². The van der Waals surface area contributed by atoms with Gasteiger partial charge in [0.2, 0.25) is 5.88 Å². The topological polar surface area (TPSA) is 92.8 Å². The van der Waals surface area contributed by atoms with Gasteiger partial charge < -0.3 is 24.4 Å². The summed E-state index contributed by atoms with van der Waals surface area (Å²) in [6.07, 6.45) is 5.32. The van der Waals surface area contributed by atoms with E-state index in [-0.39, 0.29) is 27.6 Å². The third-order valence-electron chi connectivity index (χ3n) is 8.13. The smallest absolute Gasteiger partial charge is 0.332 e. The standard InChI is InChI=1S/C30H32ClFN4O4/c1-29(2)17-35(9-8-30(29,3)39)25-13-19(16-33-27(25)40-5)22-15-20(32)14-21(26(22)37)18-6-7-24(23(31)12-18)36-11-10-34(4)28(36)38/h6-7,10-16,37,39H,8-9,17H2,1-5H3/t30-/m0/s1. The summed E-state index contributed by atoms with van der Waals surface area (Å²) in [7, 11) is 3.17. The Morgan fingerprint density at radius 2 is 1.75 bits per heavy atom. The molecule has 1 saturated heterocycles. The van der Waals surface area contributed by atoms with Crippen LogP contribution in [0.1, 0.15) is 27.2 Å². The molecule has 1 atom stereocenters. The summed E-state index contributed by atoms with van der Waals surface area (Å²) in [4.78, 5) is 18.9. The van der Waals surface area contributed by atoms with Crippen LogP contribution < -0.4 is 15.3 Å². The molecule has 0 amide bonds. The van der Waals surface area contributed by atoms with Crippen molar-refractivity contribution >= 4 is 17.3 Å². The van der Waals surface area contributed by atoms with Gasteiger partial charge in [-0.05, 0) is 49.2 Å². The number of aliphatic hydroxyl groups is 1. The van der Waals surface area contributed by atoms with Crippen LogP contribution in [0.5, 0.6) is 11.6 Å². The number of aromatic hydroxyl groups is 1. The lowest BCUT2D eigenvalue weighted by Gasteiger charge is -2.49. The number of aryl methyl sites for hydroxylation is 1. The zero-order valence-corrected chi connectivity index (χ0v) is 23.8. The highest BCUT2D eigenvalue weighted by atomic mass is 35.5.